The quantitative estimate of drug-likeness (QED) is 0.466. The smallest absolute Gasteiger partial charge is 0.429 e. The van der Waals surface area contributed by atoms with Crippen molar-refractivity contribution in [2.75, 3.05) is 17.8 Å². The Morgan fingerprint density at radius 2 is 2.00 bits per heavy atom. The molecular formula is C20H30N4O4. The Balaban J connectivity index is 2.40. The van der Waals surface area contributed by atoms with E-state index in [-0.39, 0.29) is 11.9 Å². The van der Waals surface area contributed by atoms with Gasteiger partial charge in [0.05, 0.1) is 16.9 Å². The van der Waals surface area contributed by atoms with Crippen LogP contribution in [0.1, 0.15) is 57.3 Å². The van der Waals surface area contributed by atoms with E-state index in [0.29, 0.717) is 29.6 Å². The Labute approximate surface area is 166 Å². The van der Waals surface area contributed by atoms with Gasteiger partial charge in [0.2, 0.25) is 0 Å². The van der Waals surface area contributed by atoms with Gasteiger partial charge in [-0.2, -0.15) is 0 Å². The van der Waals surface area contributed by atoms with Gasteiger partial charge in [0.15, 0.2) is 0 Å². The Hall–Kier alpha value is -2.77. The largest absolute Gasteiger partial charge is 0.442 e. The van der Waals surface area contributed by atoms with Crippen LogP contribution in [-0.2, 0) is 9.53 Å². The predicted molar refractivity (Wildman–Crippen MR) is 108 cm³/mol. The lowest BCUT2D eigenvalue weighted by Crippen LogP contribution is -2.47. The van der Waals surface area contributed by atoms with Crippen molar-refractivity contribution in [1.82, 2.24) is 10.3 Å². The summed E-state index contributed by atoms with van der Waals surface area (Å²) in [6.07, 6.45) is 2.49. The van der Waals surface area contributed by atoms with E-state index in [2.05, 4.69) is 16.1 Å². The Morgan fingerprint density at radius 1 is 1.32 bits per heavy atom. The van der Waals surface area contributed by atoms with Crippen LogP contribution in [0.2, 0.25) is 0 Å². The summed E-state index contributed by atoms with van der Waals surface area (Å²) in [6.45, 7) is 7.09. The lowest BCUT2D eigenvalue weighted by Gasteiger charge is -2.32. The number of nitrogens with zero attached hydrogens (tertiary/aromatic N) is 1. The van der Waals surface area contributed by atoms with Crippen LogP contribution in [0.25, 0.3) is 0 Å². The van der Waals surface area contributed by atoms with Crippen LogP contribution in [0.4, 0.5) is 16.2 Å². The van der Waals surface area contributed by atoms with Crippen LogP contribution in [0.15, 0.2) is 18.2 Å². The predicted octanol–water partition coefficient (Wildman–Crippen LogP) is 3.16. The van der Waals surface area contributed by atoms with Crippen LogP contribution in [0, 0.1) is 0 Å². The molecular weight excluding hydrogens is 360 g/mol. The molecule has 0 spiro atoms. The zero-order valence-corrected chi connectivity index (χ0v) is 17.2. The minimum Gasteiger partial charge on any atom is -0.442 e. The number of ether oxygens (including phenoxy) is 1. The van der Waals surface area contributed by atoms with Gasteiger partial charge in [0.1, 0.15) is 17.9 Å². The molecule has 1 aliphatic rings. The van der Waals surface area contributed by atoms with Gasteiger partial charge in [-0.15, -0.1) is 0 Å². The molecule has 0 aromatic heterocycles. The van der Waals surface area contributed by atoms with Crippen molar-refractivity contribution in [2.45, 2.75) is 64.6 Å². The Kier molecular flexibility index (Phi) is 6.88. The highest BCUT2D eigenvalue weighted by molar-refractivity contribution is 6.02. The van der Waals surface area contributed by atoms with E-state index in [4.69, 9.17) is 4.74 Å². The first kappa shape index (κ1) is 21.5. The summed E-state index contributed by atoms with van der Waals surface area (Å²) in [5, 5.41) is 7.15. The SMILES string of the molecule is CC[C@@H](C=O)N(Nc1cccc(C(=O)NC)c1NC1CC1)C(=O)OC(C)(C)C. The summed E-state index contributed by atoms with van der Waals surface area (Å²) >= 11 is 0. The maximum absolute atomic E-state index is 12.7. The number of para-hydroxylation sites is 1. The summed E-state index contributed by atoms with van der Waals surface area (Å²) in [6, 6.07) is 4.76. The molecule has 28 heavy (non-hydrogen) atoms. The molecule has 154 valence electrons. The monoisotopic (exact) mass is 390 g/mol. The van der Waals surface area contributed by atoms with E-state index in [0.717, 1.165) is 12.8 Å². The number of hydrogen-bond acceptors (Lipinski definition) is 6. The molecule has 0 heterocycles. The third kappa shape index (κ3) is 5.61. The molecule has 1 saturated carbocycles. The first-order chi connectivity index (χ1) is 13.2. The van der Waals surface area contributed by atoms with Crippen molar-refractivity contribution in [3.63, 3.8) is 0 Å². The lowest BCUT2D eigenvalue weighted by molar-refractivity contribution is -0.112. The van der Waals surface area contributed by atoms with Crippen LogP contribution in [-0.4, -0.2) is 48.0 Å². The summed E-state index contributed by atoms with van der Waals surface area (Å²) in [7, 11) is 1.57. The molecule has 0 unspecified atom stereocenters. The van der Waals surface area contributed by atoms with Crippen molar-refractivity contribution < 1.29 is 19.1 Å². The van der Waals surface area contributed by atoms with Gasteiger partial charge >= 0.3 is 6.09 Å². The van der Waals surface area contributed by atoms with E-state index in [1.165, 1.54) is 5.01 Å². The van der Waals surface area contributed by atoms with E-state index >= 15 is 0 Å². The lowest BCUT2D eigenvalue weighted by atomic mass is 10.1. The maximum Gasteiger partial charge on any atom is 0.429 e. The number of carbonyl (C=O) groups excluding carboxylic acids is 3. The Bertz CT molecular complexity index is 725. The number of nitrogens with one attached hydrogen (secondary N) is 3. The topological polar surface area (TPSA) is 99.8 Å². The third-order valence-electron chi connectivity index (χ3n) is 4.20. The van der Waals surface area contributed by atoms with Gasteiger partial charge in [-0.25, -0.2) is 9.80 Å². The average Bonchev–Trinajstić information content (AvgIpc) is 3.45. The molecule has 1 fully saturated rings. The second-order valence-corrected chi connectivity index (χ2v) is 7.80. The molecule has 1 aliphatic carbocycles. The molecule has 8 nitrogen and oxygen atoms in total. The highest BCUT2D eigenvalue weighted by atomic mass is 16.6. The number of hydrazine groups is 1. The average molecular weight is 390 g/mol. The molecule has 0 bridgehead atoms. The number of rotatable bonds is 8. The zero-order chi connectivity index (χ0) is 20.9. The zero-order valence-electron chi connectivity index (χ0n) is 17.2. The van der Waals surface area contributed by atoms with Gasteiger partial charge in [0.25, 0.3) is 5.91 Å². The van der Waals surface area contributed by atoms with Crippen LogP contribution >= 0.6 is 0 Å². The van der Waals surface area contributed by atoms with Crippen LogP contribution < -0.4 is 16.1 Å². The Morgan fingerprint density at radius 3 is 2.50 bits per heavy atom. The summed E-state index contributed by atoms with van der Waals surface area (Å²) < 4.78 is 5.45. The first-order valence-electron chi connectivity index (χ1n) is 9.56. The number of benzene rings is 1. The number of carbonyl (C=O) groups is 3. The summed E-state index contributed by atoms with van der Waals surface area (Å²) in [5.74, 6) is -0.238. The number of aldehydes is 1. The summed E-state index contributed by atoms with van der Waals surface area (Å²) in [5.41, 5.74) is 3.88. The van der Waals surface area contributed by atoms with Crippen molar-refractivity contribution in [1.29, 1.82) is 0 Å². The van der Waals surface area contributed by atoms with Crippen molar-refractivity contribution in [3.05, 3.63) is 23.8 Å². The third-order valence-corrected chi connectivity index (χ3v) is 4.20. The van der Waals surface area contributed by atoms with Crippen molar-refractivity contribution in [2.24, 2.45) is 0 Å². The molecule has 1 aromatic carbocycles. The van der Waals surface area contributed by atoms with E-state index in [1.54, 1.807) is 46.0 Å². The highest BCUT2D eigenvalue weighted by Gasteiger charge is 2.30. The fraction of sp³-hybridized carbons (Fsp3) is 0.550. The number of hydrogen-bond donors (Lipinski definition) is 3. The fourth-order valence-corrected chi connectivity index (χ4v) is 2.60. The number of amides is 2. The van der Waals surface area contributed by atoms with Gasteiger partial charge < -0.3 is 20.2 Å². The normalized spacial score (nSPS) is 14.6. The fourth-order valence-electron chi connectivity index (χ4n) is 2.60. The molecule has 2 amide bonds. The second-order valence-electron chi connectivity index (χ2n) is 7.80. The minimum atomic E-state index is -0.715. The van der Waals surface area contributed by atoms with Crippen LogP contribution in [0.5, 0.6) is 0 Å². The minimum absolute atomic E-state index is 0.238. The number of anilines is 2. The molecule has 8 heteroatoms. The molecule has 1 atom stereocenters. The van der Waals surface area contributed by atoms with Gasteiger partial charge in [-0.05, 0) is 52.2 Å². The molecule has 0 radical (unpaired) electrons. The van der Waals surface area contributed by atoms with Gasteiger partial charge in [0, 0.05) is 13.1 Å². The molecule has 2 rings (SSSR count). The molecule has 3 N–H and O–H groups in total. The molecule has 1 aromatic rings. The molecule has 0 saturated heterocycles. The highest BCUT2D eigenvalue weighted by Crippen LogP contribution is 2.33. The summed E-state index contributed by atoms with van der Waals surface area (Å²) in [4.78, 5) is 36.6. The van der Waals surface area contributed by atoms with Crippen molar-refractivity contribution in [3.8, 4) is 0 Å². The van der Waals surface area contributed by atoms with E-state index < -0.39 is 17.7 Å². The van der Waals surface area contributed by atoms with Gasteiger partial charge in [-0.1, -0.05) is 13.0 Å². The molecule has 0 aliphatic heterocycles. The maximum atomic E-state index is 12.7. The van der Waals surface area contributed by atoms with Crippen molar-refractivity contribution >= 4 is 29.7 Å². The van der Waals surface area contributed by atoms with E-state index in [1.807, 2.05) is 6.92 Å². The van der Waals surface area contributed by atoms with Gasteiger partial charge in [-0.3, -0.25) is 10.2 Å². The second kappa shape index (κ2) is 8.95. The van der Waals surface area contributed by atoms with E-state index in [9.17, 15) is 14.4 Å². The first-order valence-corrected chi connectivity index (χ1v) is 9.56. The van der Waals surface area contributed by atoms with Crippen LogP contribution in [0.3, 0.4) is 0 Å². The standard InChI is InChI=1S/C20H30N4O4/c1-6-14(12-25)24(19(27)28-20(2,3)4)23-16-9-7-8-15(18(26)21-5)17(16)22-13-10-11-13/h7-9,12-14,22-23H,6,10-11H2,1-5H3,(H,21,26)/t14-/m0/s1.